The summed E-state index contributed by atoms with van der Waals surface area (Å²) in [7, 11) is 0. The number of fused-ring (bicyclic) bond motifs is 1. The molecule has 5 nitrogen and oxygen atoms in total. The van der Waals surface area contributed by atoms with Crippen LogP contribution in [-0.4, -0.2) is 41.9 Å². The third kappa shape index (κ3) is 2.38. The van der Waals surface area contributed by atoms with E-state index in [-0.39, 0.29) is 25.3 Å². The summed E-state index contributed by atoms with van der Waals surface area (Å²) in [6, 6.07) is 5.83. The van der Waals surface area contributed by atoms with Gasteiger partial charge in [0, 0.05) is 13.0 Å². The third-order valence-electron chi connectivity index (χ3n) is 3.74. The minimum Gasteiger partial charge on any atom is -0.454 e. The minimum atomic E-state index is -0.0125. The normalized spacial score (nSPS) is 21.2. The summed E-state index contributed by atoms with van der Waals surface area (Å²) in [5.74, 6) is 1.68. The van der Waals surface area contributed by atoms with Gasteiger partial charge in [-0.15, -0.1) is 0 Å². The molecule has 1 fully saturated rings. The van der Waals surface area contributed by atoms with Gasteiger partial charge in [-0.25, -0.2) is 0 Å². The summed E-state index contributed by atoms with van der Waals surface area (Å²) in [5.41, 5.74) is 1.11. The van der Waals surface area contributed by atoms with Crippen LogP contribution in [0.4, 0.5) is 0 Å². The molecule has 1 atom stereocenters. The molecule has 1 aromatic carbocycles. The van der Waals surface area contributed by atoms with Crippen LogP contribution < -0.4 is 9.47 Å². The summed E-state index contributed by atoms with van der Waals surface area (Å²) < 4.78 is 10.6. The molecule has 5 heteroatoms. The fourth-order valence-corrected chi connectivity index (χ4v) is 2.64. The number of carbonyl (C=O) groups is 1. The molecule has 0 radical (unpaired) electrons. The van der Waals surface area contributed by atoms with E-state index < -0.39 is 0 Å². The van der Waals surface area contributed by atoms with Crippen molar-refractivity contribution in [1.29, 1.82) is 0 Å². The molecule has 0 bridgehead atoms. The van der Waals surface area contributed by atoms with Crippen LogP contribution in [0, 0.1) is 0 Å². The lowest BCUT2D eigenvalue weighted by atomic mass is 10.1. The van der Waals surface area contributed by atoms with Crippen molar-refractivity contribution in [1.82, 2.24) is 4.90 Å². The molecule has 1 N–H and O–H groups in total. The van der Waals surface area contributed by atoms with E-state index >= 15 is 0 Å². The van der Waals surface area contributed by atoms with E-state index in [1.807, 2.05) is 18.2 Å². The molecule has 0 saturated carbocycles. The lowest BCUT2D eigenvalue weighted by Crippen LogP contribution is -2.36. The lowest BCUT2D eigenvalue weighted by Gasteiger charge is -2.23. The molecular weight excluding hydrogens is 246 g/mol. The minimum absolute atomic E-state index is 0.0125. The molecule has 2 aliphatic rings. The molecule has 0 unspecified atom stereocenters. The van der Waals surface area contributed by atoms with Gasteiger partial charge < -0.3 is 19.5 Å². The first kappa shape index (κ1) is 12.3. The summed E-state index contributed by atoms with van der Waals surface area (Å²) >= 11 is 0. The zero-order chi connectivity index (χ0) is 13.2. The van der Waals surface area contributed by atoms with Gasteiger partial charge in [0.1, 0.15) is 0 Å². The van der Waals surface area contributed by atoms with Crippen molar-refractivity contribution in [2.24, 2.45) is 0 Å². The van der Waals surface area contributed by atoms with Crippen molar-refractivity contribution >= 4 is 5.91 Å². The number of aliphatic hydroxyl groups excluding tert-OH is 1. The fourth-order valence-electron chi connectivity index (χ4n) is 2.64. The lowest BCUT2D eigenvalue weighted by molar-refractivity contribution is -0.129. The highest BCUT2D eigenvalue weighted by molar-refractivity contribution is 5.78. The Morgan fingerprint density at radius 3 is 3.00 bits per heavy atom. The Morgan fingerprint density at radius 2 is 2.16 bits per heavy atom. The maximum atomic E-state index is 11.7. The molecule has 19 heavy (non-hydrogen) atoms. The van der Waals surface area contributed by atoms with E-state index in [9.17, 15) is 9.90 Å². The number of hydrogen-bond donors (Lipinski definition) is 1. The van der Waals surface area contributed by atoms with Crippen LogP contribution in [0.2, 0.25) is 0 Å². The van der Waals surface area contributed by atoms with Crippen molar-refractivity contribution in [3.63, 3.8) is 0 Å². The highest BCUT2D eigenvalue weighted by Gasteiger charge is 2.29. The van der Waals surface area contributed by atoms with Gasteiger partial charge in [-0.3, -0.25) is 4.79 Å². The number of hydrogen-bond acceptors (Lipinski definition) is 4. The SMILES string of the molecule is O=C1CC[C@@H](CO)N1CCc1ccc2c(c1)OCO2. The fraction of sp³-hybridized carbons (Fsp3) is 0.500. The van der Waals surface area contributed by atoms with Gasteiger partial charge in [-0.05, 0) is 30.5 Å². The van der Waals surface area contributed by atoms with Gasteiger partial charge in [0.15, 0.2) is 11.5 Å². The first-order valence-corrected chi connectivity index (χ1v) is 6.57. The van der Waals surface area contributed by atoms with Gasteiger partial charge >= 0.3 is 0 Å². The van der Waals surface area contributed by atoms with E-state index in [0.717, 1.165) is 29.9 Å². The Labute approximate surface area is 111 Å². The first-order valence-electron chi connectivity index (χ1n) is 6.57. The van der Waals surface area contributed by atoms with Crippen molar-refractivity contribution < 1.29 is 19.4 Å². The molecule has 1 saturated heterocycles. The van der Waals surface area contributed by atoms with Gasteiger partial charge in [-0.2, -0.15) is 0 Å². The number of amides is 1. The number of ether oxygens (including phenoxy) is 2. The monoisotopic (exact) mass is 263 g/mol. The van der Waals surface area contributed by atoms with E-state index in [1.54, 1.807) is 4.90 Å². The first-order chi connectivity index (χ1) is 9.28. The maximum Gasteiger partial charge on any atom is 0.231 e. The number of aliphatic hydroxyl groups is 1. The smallest absolute Gasteiger partial charge is 0.231 e. The van der Waals surface area contributed by atoms with Gasteiger partial charge in [0.2, 0.25) is 12.7 Å². The van der Waals surface area contributed by atoms with Crippen LogP contribution in [0.5, 0.6) is 11.5 Å². The molecule has 0 spiro atoms. The largest absolute Gasteiger partial charge is 0.454 e. The van der Waals surface area contributed by atoms with Crippen LogP contribution in [-0.2, 0) is 11.2 Å². The Bertz CT molecular complexity index is 488. The number of rotatable bonds is 4. The Hall–Kier alpha value is -1.75. The molecule has 2 heterocycles. The predicted molar refractivity (Wildman–Crippen MR) is 68.1 cm³/mol. The maximum absolute atomic E-state index is 11.7. The second kappa shape index (κ2) is 5.09. The van der Waals surface area contributed by atoms with E-state index in [1.165, 1.54) is 0 Å². The van der Waals surface area contributed by atoms with Crippen molar-refractivity contribution in [2.45, 2.75) is 25.3 Å². The number of nitrogens with zero attached hydrogens (tertiary/aromatic N) is 1. The van der Waals surface area contributed by atoms with Crippen molar-refractivity contribution in [3.05, 3.63) is 23.8 Å². The molecule has 1 amide bonds. The molecule has 0 aromatic heterocycles. The molecule has 2 aliphatic heterocycles. The second-order valence-corrected chi connectivity index (χ2v) is 4.90. The number of benzene rings is 1. The second-order valence-electron chi connectivity index (χ2n) is 4.90. The van der Waals surface area contributed by atoms with Crippen LogP contribution in [0.25, 0.3) is 0 Å². The summed E-state index contributed by atoms with van der Waals surface area (Å²) in [4.78, 5) is 13.5. The standard InChI is InChI=1S/C14H17NO4/c16-8-11-2-4-14(17)15(11)6-5-10-1-3-12-13(7-10)19-9-18-12/h1,3,7,11,16H,2,4-6,8-9H2/t11-/m0/s1. The summed E-state index contributed by atoms with van der Waals surface area (Å²) in [5, 5.41) is 9.25. The van der Waals surface area contributed by atoms with E-state index in [2.05, 4.69) is 0 Å². The average Bonchev–Trinajstić information content (AvgIpc) is 3.02. The van der Waals surface area contributed by atoms with Crippen LogP contribution in [0.1, 0.15) is 18.4 Å². The number of carbonyl (C=O) groups excluding carboxylic acids is 1. The molecule has 102 valence electrons. The summed E-state index contributed by atoms with van der Waals surface area (Å²) in [6.07, 6.45) is 2.07. The Balaban J connectivity index is 1.64. The zero-order valence-corrected chi connectivity index (χ0v) is 10.7. The van der Waals surface area contributed by atoms with E-state index in [4.69, 9.17) is 9.47 Å². The van der Waals surface area contributed by atoms with Crippen LogP contribution in [0.3, 0.4) is 0 Å². The highest BCUT2D eigenvalue weighted by atomic mass is 16.7. The summed E-state index contributed by atoms with van der Waals surface area (Å²) in [6.45, 7) is 0.965. The molecule has 1 aromatic rings. The van der Waals surface area contributed by atoms with Gasteiger partial charge in [0.25, 0.3) is 0 Å². The van der Waals surface area contributed by atoms with Crippen LogP contribution >= 0.6 is 0 Å². The average molecular weight is 263 g/mol. The zero-order valence-electron chi connectivity index (χ0n) is 10.7. The van der Waals surface area contributed by atoms with Crippen LogP contribution in [0.15, 0.2) is 18.2 Å². The molecule has 3 rings (SSSR count). The molecular formula is C14H17NO4. The van der Waals surface area contributed by atoms with Gasteiger partial charge in [0.05, 0.1) is 12.6 Å². The topological polar surface area (TPSA) is 59.0 Å². The number of likely N-dealkylation sites (tertiary alicyclic amines) is 1. The Morgan fingerprint density at radius 1 is 1.32 bits per heavy atom. The van der Waals surface area contributed by atoms with Crippen molar-refractivity contribution in [2.75, 3.05) is 19.9 Å². The third-order valence-corrected chi connectivity index (χ3v) is 3.74. The van der Waals surface area contributed by atoms with Crippen molar-refractivity contribution in [3.8, 4) is 11.5 Å². The quantitative estimate of drug-likeness (QED) is 0.878. The Kier molecular flexibility index (Phi) is 3.29. The predicted octanol–water partition coefficient (Wildman–Crippen LogP) is 0.941. The van der Waals surface area contributed by atoms with Gasteiger partial charge in [-0.1, -0.05) is 6.07 Å². The van der Waals surface area contributed by atoms with E-state index in [0.29, 0.717) is 13.0 Å². The molecule has 0 aliphatic carbocycles. The highest BCUT2D eigenvalue weighted by Crippen LogP contribution is 2.32.